The molecule has 2 rings (SSSR count). The molecular formula is C23H34F3N3O2. The Balaban J connectivity index is 1.95. The highest BCUT2D eigenvalue weighted by atomic mass is 19.4. The number of nitrogens with one attached hydrogen (secondary N) is 2. The molecule has 5 nitrogen and oxygen atoms in total. The van der Waals surface area contributed by atoms with Gasteiger partial charge in [-0.05, 0) is 64.6 Å². The van der Waals surface area contributed by atoms with Gasteiger partial charge in [0.1, 0.15) is 6.42 Å². The van der Waals surface area contributed by atoms with Crippen LogP contribution in [0.2, 0.25) is 0 Å². The number of halogens is 3. The molecule has 8 heteroatoms. The molecule has 1 aromatic carbocycles. The van der Waals surface area contributed by atoms with Gasteiger partial charge >= 0.3 is 6.18 Å². The zero-order chi connectivity index (χ0) is 23.2. The van der Waals surface area contributed by atoms with E-state index in [0.29, 0.717) is 18.0 Å². The number of anilines is 1. The second-order valence-electron chi connectivity index (χ2n) is 8.72. The molecular weight excluding hydrogens is 407 g/mol. The van der Waals surface area contributed by atoms with Gasteiger partial charge in [-0.25, -0.2) is 0 Å². The lowest BCUT2D eigenvalue weighted by molar-refractivity contribution is -0.137. The summed E-state index contributed by atoms with van der Waals surface area (Å²) in [6.45, 7) is 6.44. The molecule has 1 aliphatic carbocycles. The van der Waals surface area contributed by atoms with Crippen LogP contribution in [-0.4, -0.2) is 41.9 Å². The van der Waals surface area contributed by atoms with Crippen LogP contribution in [-0.2, 0) is 15.8 Å². The molecule has 1 aromatic rings. The van der Waals surface area contributed by atoms with Crippen molar-refractivity contribution in [1.82, 2.24) is 10.2 Å². The second-order valence-corrected chi connectivity index (χ2v) is 8.72. The van der Waals surface area contributed by atoms with Crippen molar-refractivity contribution in [2.24, 2.45) is 5.92 Å². The molecule has 0 unspecified atom stereocenters. The van der Waals surface area contributed by atoms with Gasteiger partial charge in [-0.1, -0.05) is 25.5 Å². The maximum Gasteiger partial charge on any atom is 0.418 e. The third kappa shape index (κ3) is 7.23. The van der Waals surface area contributed by atoms with Crippen LogP contribution in [0.4, 0.5) is 18.9 Å². The fourth-order valence-corrected chi connectivity index (χ4v) is 4.35. The molecule has 3 atom stereocenters. The monoisotopic (exact) mass is 441 g/mol. The minimum Gasteiger partial charge on any atom is -0.353 e. The van der Waals surface area contributed by atoms with Gasteiger partial charge in [-0.2, -0.15) is 13.2 Å². The zero-order valence-corrected chi connectivity index (χ0v) is 18.8. The summed E-state index contributed by atoms with van der Waals surface area (Å²) in [6, 6.07) is 5.65. The van der Waals surface area contributed by atoms with Crippen molar-refractivity contribution in [1.29, 1.82) is 0 Å². The van der Waals surface area contributed by atoms with Crippen LogP contribution in [0.15, 0.2) is 24.3 Å². The van der Waals surface area contributed by atoms with E-state index in [1.165, 1.54) is 18.2 Å². The van der Waals surface area contributed by atoms with E-state index in [9.17, 15) is 22.8 Å². The average Bonchev–Trinajstić information content (AvgIpc) is 2.68. The fourth-order valence-electron chi connectivity index (χ4n) is 4.35. The van der Waals surface area contributed by atoms with Crippen molar-refractivity contribution in [3.05, 3.63) is 29.8 Å². The number of carbonyl (C=O) groups is 2. The largest absolute Gasteiger partial charge is 0.418 e. The molecule has 1 saturated carbocycles. The van der Waals surface area contributed by atoms with Crippen molar-refractivity contribution in [3.63, 3.8) is 0 Å². The first-order valence-electron chi connectivity index (χ1n) is 11.0. The number of rotatable bonds is 8. The first-order chi connectivity index (χ1) is 14.5. The highest BCUT2D eigenvalue weighted by Gasteiger charge is 2.35. The average molecular weight is 442 g/mol. The minimum atomic E-state index is -4.58. The number of nitrogens with zero attached hydrogens (tertiary/aromatic N) is 1. The van der Waals surface area contributed by atoms with Gasteiger partial charge in [0.05, 0.1) is 11.3 Å². The maximum absolute atomic E-state index is 13.1. The molecule has 1 aliphatic rings. The van der Waals surface area contributed by atoms with Crippen molar-refractivity contribution in [2.75, 3.05) is 12.4 Å². The number of carbonyl (C=O) groups excluding carboxylic acids is 2. The zero-order valence-electron chi connectivity index (χ0n) is 18.8. The summed E-state index contributed by atoms with van der Waals surface area (Å²) in [7, 11) is 2.13. The quantitative estimate of drug-likeness (QED) is 0.568. The molecule has 174 valence electrons. The molecule has 0 aromatic heterocycles. The number of amides is 2. The van der Waals surface area contributed by atoms with Crippen LogP contribution in [0.3, 0.4) is 0 Å². The topological polar surface area (TPSA) is 61.4 Å². The number of alkyl halides is 3. The van der Waals surface area contributed by atoms with Gasteiger partial charge in [0.15, 0.2) is 0 Å². The number of hydrogen-bond donors (Lipinski definition) is 2. The normalized spacial score (nSPS) is 21.9. The van der Waals surface area contributed by atoms with Crippen molar-refractivity contribution < 1.29 is 22.8 Å². The van der Waals surface area contributed by atoms with Gasteiger partial charge in [0, 0.05) is 18.1 Å². The maximum atomic E-state index is 13.1. The van der Waals surface area contributed by atoms with E-state index < -0.39 is 30.0 Å². The summed E-state index contributed by atoms with van der Waals surface area (Å²) >= 11 is 0. The smallest absolute Gasteiger partial charge is 0.353 e. The molecule has 0 aliphatic heterocycles. The van der Waals surface area contributed by atoms with Crippen molar-refractivity contribution in [3.8, 4) is 0 Å². The van der Waals surface area contributed by atoms with Crippen LogP contribution in [0.25, 0.3) is 0 Å². The van der Waals surface area contributed by atoms with Gasteiger partial charge in [0.25, 0.3) is 0 Å². The summed E-state index contributed by atoms with van der Waals surface area (Å²) < 4.78 is 39.3. The van der Waals surface area contributed by atoms with Crippen LogP contribution in [0.1, 0.15) is 64.9 Å². The SMILES string of the molecule is CCC[C@@H]1C[C@@H](N(C)C(C)C)CC[C@@H]1NC(=O)CC(=O)Nc1ccccc1C(F)(F)F. The predicted molar refractivity (Wildman–Crippen MR) is 116 cm³/mol. The fraction of sp³-hybridized carbons (Fsp3) is 0.652. The van der Waals surface area contributed by atoms with E-state index >= 15 is 0 Å². The van der Waals surface area contributed by atoms with Crippen LogP contribution < -0.4 is 10.6 Å². The predicted octanol–water partition coefficient (Wildman–Crippen LogP) is 4.83. The summed E-state index contributed by atoms with van der Waals surface area (Å²) in [6.07, 6.45) is -0.319. The highest BCUT2D eigenvalue weighted by molar-refractivity contribution is 6.04. The Morgan fingerprint density at radius 1 is 1.16 bits per heavy atom. The van der Waals surface area contributed by atoms with Crippen molar-refractivity contribution >= 4 is 17.5 Å². The van der Waals surface area contributed by atoms with Crippen LogP contribution in [0, 0.1) is 5.92 Å². The summed E-state index contributed by atoms with van der Waals surface area (Å²) in [5, 5.41) is 5.19. The van der Waals surface area contributed by atoms with Crippen molar-refractivity contribution in [2.45, 2.75) is 83.6 Å². The number of hydrogen-bond acceptors (Lipinski definition) is 3. The molecule has 0 heterocycles. The van der Waals surface area contributed by atoms with Gasteiger partial charge in [-0.15, -0.1) is 0 Å². The molecule has 0 spiro atoms. The number of para-hydroxylation sites is 1. The summed E-state index contributed by atoms with van der Waals surface area (Å²) in [5.41, 5.74) is -1.27. The third-order valence-corrected chi connectivity index (χ3v) is 6.18. The Hall–Kier alpha value is -2.09. The number of benzene rings is 1. The lowest BCUT2D eigenvalue weighted by Gasteiger charge is -2.41. The molecule has 0 saturated heterocycles. The van der Waals surface area contributed by atoms with Gasteiger partial charge in [-0.3, -0.25) is 9.59 Å². The Labute approximate surface area is 182 Å². The van der Waals surface area contributed by atoms with E-state index in [0.717, 1.165) is 38.2 Å². The van der Waals surface area contributed by atoms with E-state index in [1.54, 1.807) is 0 Å². The Morgan fingerprint density at radius 2 is 1.84 bits per heavy atom. The van der Waals surface area contributed by atoms with E-state index in [4.69, 9.17) is 0 Å². The molecule has 1 fully saturated rings. The highest BCUT2D eigenvalue weighted by Crippen LogP contribution is 2.35. The first kappa shape index (κ1) is 25.2. The third-order valence-electron chi connectivity index (χ3n) is 6.18. The molecule has 2 N–H and O–H groups in total. The van der Waals surface area contributed by atoms with E-state index in [1.807, 2.05) is 0 Å². The standard InChI is InChI=1S/C23H34F3N3O2/c1-5-8-16-13-17(29(4)15(2)3)11-12-19(16)27-21(30)14-22(31)28-20-10-7-6-9-18(20)23(24,25)26/h6-7,9-10,15-17,19H,5,8,11-14H2,1-4H3,(H,27,30)(H,28,31)/t16-,17+,19+/m1/s1. The Morgan fingerprint density at radius 3 is 2.45 bits per heavy atom. The molecule has 0 radical (unpaired) electrons. The minimum absolute atomic E-state index is 0.0143. The lowest BCUT2D eigenvalue weighted by atomic mass is 9.78. The Kier molecular flexibility index (Phi) is 8.91. The van der Waals surface area contributed by atoms with Gasteiger partial charge in [0.2, 0.25) is 11.8 Å². The summed E-state index contributed by atoms with van der Waals surface area (Å²) in [5.74, 6) is -0.888. The van der Waals surface area contributed by atoms with Crippen LogP contribution in [0.5, 0.6) is 0 Å². The Bertz CT molecular complexity index is 752. The molecule has 2 amide bonds. The molecule has 31 heavy (non-hydrogen) atoms. The second kappa shape index (κ2) is 11.0. The molecule has 0 bridgehead atoms. The van der Waals surface area contributed by atoms with E-state index in [2.05, 4.69) is 43.4 Å². The first-order valence-corrected chi connectivity index (χ1v) is 11.0. The van der Waals surface area contributed by atoms with Gasteiger partial charge < -0.3 is 15.5 Å². The van der Waals surface area contributed by atoms with Crippen LogP contribution >= 0.6 is 0 Å². The van der Waals surface area contributed by atoms with E-state index in [-0.39, 0.29) is 11.7 Å². The summed E-state index contributed by atoms with van der Waals surface area (Å²) in [4.78, 5) is 27.1. The lowest BCUT2D eigenvalue weighted by Crippen LogP contribution is -2.49.